The Labute approximate surface area is 139 Å². The molecule has 0 aliphatic heterocycles. The molecular formula is C19H17NO4. The summed E-state index contributed by atoms with van der Waals surface area (Å²) in [7, 11) is 0. The Morgan fingerprint density at radius 3 is 2.67 bits per heavy atom. The van der Waals surface area contributed by atoms with Crippen molar-refractivity contribution in [2.24, 2.45) is 0 Å². The van der Waals surface area contributed by atoms with E-state index in [0.717, 1.165) is 16.5 Å². The van der Waals surface area contributed by atoms with Crippen LogP contribution in [0.3, 0.4) is 0 Å². The second-order valence-corrected chi connectivity index (χ2v) is 5.59. The molecule has 3 aromatic rings. The van der Waals surface area contributed by atoms with Gasteiger partial charge in [0.15, 0.2) is 6.61 Å². The molecule has 0 atom stereocenters. The van der Waals surface area contributed by atoms with E-state index in [1.165, 1.54) is 0 Å². The van der Waals surface area contributed by atoms with Gasteiger partial charge in [-0.25, -0.2) is 4.79 Å². The average Bonchev–Trinajstić information content (AvgIpc) is 3.00. The van der Waals surface area contributed by atoms with E-state index in [4.69, 9.17) is 9.15 Å². The van der Waals surface area contributed by atoms with Crippen molar-refractivity contribution in [1.82, 2.24) is 0 Å². The first-order valence-corrected chi connectivity index (χ1v) is 7.56. The molecule has 0 fully saturated rings. The Balaban J connectivity index is 1.61. The number of rotatable bonds is 4. The van der Waals surface area contributed by atoms with Crippen LogP contribution in [0.15, 0.2) is 52.9 Å². The van der Waals surface area contributed by atoms with E-state index in [9.17, 15) is 9.59 Å². The van der Waals surface area contributed by atoms with Gasteiger partial charge in [0.1, 0.15) is 5.58 Å². The summed E-state index contributed by atoms with van der Waals surface area (Å²) in [4.78, 5) is 24.0. The summed E-state index contributed by atoms with van der Waals surface area (Å²) < 4.78 is 10.4. The Morgan fingerprint density at radius 2 is 1.88 bits per heavy atom. The lowest BCUT2D eigenvalue weighted by Crippen LogP contribution is -2.21. The Hall–Kier alpha value is -3.08. The number of benzene rings is 2. The molecule has 0 bridgehead atoms. The molecule has 0 radical (unpaired) electrons. The zero-order chi connectivity index (χ0) is 17.1. The molecule has 122 valence electrons. The highest BCUT2D eigenvalue weighted by Crippen LogP contribution is 2.19. The molecular weight excluding hydrogens is 306 g/mol. The van der Waals surface area contributed by atoms with Crippen LogP contribution < -0.4 is 5.32 Å². The van der Waals surface area contributed by atoms with E-state index in [0.29, 0.717) is 11.3 Å². The molecule has 2 aromatic carbocycles. The molecule has 1 N–H and O–H groups in total. The van der Waals surface area contributed by atoms with Gasteiger partial charge < -0.3 is 14.5 Å². The number of fused-ring (bicyclic) bond motifs is 1. The highest BCUT2D eigenvalue weighted by atomic mass is 16.5. The van der Waals surface area contributed by atoms with Crippen LogP contribution in [-0.2, 0) is 9.53 Å². The fourth-order valence-electron chi connectivity index (χ4n) is 2.34. The summed E-state index contributed by atoms with van der Waals surface area (Å²) in [5.41, 5.74) is 3.29. The number of ether oxygens (including phenoxy) is 1. The number of amides is 1. The lowest BCUT2D eigenvalue weighted by molar-refractivity contribution is -0.119. The van der Waals surface area contributed by atoms with Gasteiger partial charge in [0.05, 0.1) is 0 Å². The molecule has 0 saturated carbocycles. The molecule has 5 nitrogen and oxygen atoms in total. The number of esters is 1. The second-order valence-electron chi connectivity index (χ2n) is 5.59. The second kappa shape index (κ2) is 6.58. The third-order valence-corrected chi connectivity index (χ3v) is 3.63. The van der Waals surface area contributed by atoms with E-state index in [2.05, 4.69) is 5.32 Å². The van der Waals surface area contributed by atoms with Crippen molar-refractivity contribution in [2.75, 3.05) is 11.9 Å². The minimum atomic E-state index is -0.665. The summed E-state index contributed by atoms with van der Waals surface area (Å²) in [6.07, 6.45) is 0. The molecule has 0 aliphatic rings. The largest absolute Gasteiger partial charge is 0.450 e. The third kappa shape index (κ3) is 3.46. The van der Waals surface area contributed by atoms with Crippen LogP contribution in [0.4, 0.5) is 5.69 Å². The minimum Gasteiger partial charge on any atom is -0.450 e. The monoisotopic (exact) mass is 323 g/mol. The van der Waals surface area contributed by atoms with E-state index in [1.807, 2.05) is 50.2 Å². The predicted molar refractivity (Wildman–Crippen MR) is 91.0 cm³/mol. The lowest BCUT2D eigenvalue weighted by Gasteiger charge is -2.09. The van der Waals surface area contributed by atoms with Gasteiger partial charge in [-0.15, -0.1) is 0 Å². The van der Waals surface area contributed by atoms with Crippen LogP contribution in [0.25, 0.3) is 11.0 Å². The molecule has 0 aliphatic carbocycles. The molecule has 0 saturated heterocycles. The number of furan rings is 1. The van der Waals surface area contributed by atoms with Crippen molar-refractivity contribution in [1.29, 1.82) is 0 Å². The molecule has 0 unspecified atom stereocenters. The summed E-state index contributed by atoms with van der Waals surface area (Å²) in [5.74, 6) is -0.980. The van der Waals surface area contributed by atoms with Gasteiger partial charge in [-0.2, -0.15) is 0 Å². The summed E-state index contributed by atoms with van der Waals surface area (Å²) in [5, 5.41) is 3.55. The van der Waals surface area contributed by atoms with Crippen LogP contribution in [0, 0.1) is 13.8 Å². The predicted octanol–water partition coefficient (Wildman–Crippen LogP) is 3.85. The first-order chi connectivity index (χ1) is 11.5. The number of aryl methyl sites for hydroxylation is 2. The molecule has 1 amide bonds. The Morgan fingerprint density at radius 1 is 1.08 bits per heavy atom. The molecule has 1 heterocycles. The number of carbonyl (C=O) groups excluding carboxylic acids is 2. The number of nitrogens with one attached hydrogen (secondary N) is 1. The Kier molecular flexibility index (Phi) is 4.33. The van der Waals surface area contributed by atoms with Gasteiger partial charge in [-0.05, 0) is 43.2 Å². The fourth-order valence-corrected chi connectivity index (χ4v) is 2.34. The van der Waals surface area contributed by atoms with Crippen LogP contribution in [0.5, 0.6) is 0 Å². The van der Waals surface area contributed by atoms with Gasteiger partial charge in [-0.1, -0.05) is 30.3 Å². The third-order valence-electron chi connectivity index (χ3n) is 3.63. The molecule has 24 heavy (non-hydrogen) atoms. The van der Waals surface area contributed by atoms with E-state index >= 15 is 0 Å². The lowest BCUT2D eigenvalue weighted by atomic mass is 10.1. The highest BCUT2D eigenvalue weighted by molar-refractivity contribution is 5.96. The molecule has 5 heteroatoms. The number of hydrogen-bond acceptors (Lipinski definition) is 4. The maximum atomic E-state index is 12.0. The SMILES string of the molecule is Cc1ccc(C)c(NC(=O)COC(=O)c2cc3ccccc3o2)c1. The minimum absolute atomic E-state index is 0.0794. The van der Waals surface area contributed by atoms with Gasteiger partial charge in [0.2, 0.25) is 5.76 Å². The van der Waals surface area contributed by atoms with E-state index < -0.39 is 11.9 Å². The van der Waals surface area contributed by atoms with Crippen molar-refractivity contribution in [3.63, 3.8) is 0 Å². The van der Waals surface area contributed by atoms with Gasteiger partial charge in [0.25, 0.3) is 5.91 Å². The quantitative estimate of drug-likeness (QED) is 0.741. The molecule has 0 spiro atoms. The fraction of sp³-hybridized carbons (Fsp3) is 0.158. The zero-order valence-electron chi connectivity index (χ0n) is 13.5. The van der Waals surface area contributed by atoms with Gasteiger partial charge in [0, 0.05) is 11.1 Å². The van der Waals surface area contributed by atoms with Crippen LogP contribution in [0.1, 0.15) is 21.7 Å². The van der Waals surface area contributed by atoms with E-state index in [1.54, 1.807) is 12.1 Å². The topological polar surface area (TPSA) is 68.5 Å². The number of hydrogen-bond donors (Lipinski definition) is 1. The number of anilines is 1. The molecule has 3 rings (SSSR count). The smallest absolute Gasteiger partial charge is 0.374 e. The molecule has 1 aromatic heterocycles. The normalized spacial score (nSPS) is 10.6. The van der Waals surface area contributed by atoms with Crippen molar-refractivity contribution in [2.45, 2.75) is 13.8 Å². The number of carbonyl (C=O) groups is 2. The maximum absolute atomic E-state index is 12.0. The maximum Gasteiger partial charge on any atom is 0.374 e. The zero-order valence-corrected chi connectivity index (χ0v) is 13.5. The Bertz CT molecular complexity index is 878. The summed E-state index contributed by atoms with van der Waals surface area (Å²) in [6.45, 7) is 3.47. The average molecular weight is 323 g/mol. The summed E-state index contributed by atoms with van der Waals surface area (Å²) in [6, 6.07) is 14.6. The van der Waals surface area contributed by atoms with Crippen LogP contribution in [-0.4, -0.2) is 18.5 Å². The van der Waals surface area contributed by atoms with Crippen molar-refractivity contribution in [3.05, 3.63) is 65.4 Å². The van der Waals surface area contributed by atoms with Gasteiger partial charge >= 0.3 is 5.97 Å². The van der Waals surface area contributed by atoms with Gasteiger partial charge in [-0.3, -0.25) is 4.79 Å². The first-order valence-electron chi connectivity index (χ1n) is 7.56. The highest BCUT2D eigenvalue weighted by Gasteiger charge is 2.15. The van der Waals surface area contributed by atoms with E-state index in [-0.39, 0.29) is 12.4 Å². The number of para-hydroxylation sites is 1. The van der Waals surface area contributed by atoms with Crippen molar-refractivity contribution >= 4 is 28.5 Å². The first kappa shape index (κ1) is 15.8. The van der Waals surface area contributed by atoms with Crippen molar-refractivity contribution in [3.8, 4) is 0 Å². The van der Waals surface area contributed by atoms with Crippen LogP contribution >= 0.6 is 0 Å². The summed E-state index contributed by atoms with van der Waals surface area (Å²) >= 11 is 0. The standard InChI is InChI=1S/C19H17NO4/c1-12-7-8-13(2)15(9-12)20-18(21)11-23-19(22)17-10-14-5-3-4-6-16(14)24-17/h3-10H,11H2,1-2H3,(H,20,21). The van der Waals surface area contributed by atoms with Crippen LogP contribution in [0.2, 0.25) is 0 Å². The van der Waals surface area contributed by atoms with Crippen molar-refractivity contribution < 1.29 is 18.7 Å².